The largest absolute Gasteiger partial charge is 0.502 e. The van der Waals surface area contributed by atoms with Crippen LogP contribution in [0.1, 0.15) is 29.2 Å². The van der Waals surface area contributed by atoms with E-state index in [9.17, 15) is 9.90 Å². The Morgan fingerprint density at radius 2 is 1.67 bits per heavy atom. The first-order valence-electron chi connectivity index (χ1n) is 13.6. The Balaban J connectivity index is 1.49. The van der Waals surface area contributed by atoms with Crippen molar-refractivity contribution < 1.29 is 24.1 Å². The second-order valence-electron chi connectivity index (χ2n) is 10.2. The number of amides is 1. The highest BCUT2D eigenvalue weighted by Gasteiger charge is 2.63. The third-order valence-corrected chi connectivity index (χ3v) is 9.18. The van der Waals surface area contributed by atoms with Gasteiger partial charge in [-0.2, -0.15) is 5.10 Å². The van der Waals surface area contributed by atoms with Crippen LogP contribution in [0.5, 0.6) is 23.0 Å². The SMILES string of the molecule is COc1cc(/C=C2\SC(=O)N(c3ccccc3)C23Oc2ccc(Br)cc2C2CC(c4ccccc4)=NN23)cc(OC)c1O. The molecule has 3 heterocycles. The van der Waals surface area contributed by atoms with Crippen molar-refractivity contribution in [1.82, 2.24) is 5.01 Å². The van der Waals surface area contributed by atoms with Crippen molar-refractivity contribution in [2.24, 2.45) is 5.10 Å². The van der Waals surface area contributed by atoms with Crippen LogP contribution in [0.15, 0.2) is 105 Å². The molecule has 3 aliphatic heterocycles. The van der Waals surface area contributed by atoms with Crippen LogP contribution in [0.4, 0.5) is 10.5 Å². The lowest BCUT2D eigenvalue weighted by Gasteiger charge is -2.49. The van der Waals surface area contributed by atoms with Crippen molar-refractivity contribution in [3.63, 3.8) is 0 Å². The summed E-state index contributed by atoms with van der Waals surface area (Å²) in [4.78, 5) is 16.3. The monoisotopic (exact) mass is 655 g/mol. The number of hydrazone groups is 1. The molecule has 0 aromatic heterocycles. The van der Waals surface area contributed by atoms with E-state index < -0.39 is 5.85 Å². The van der Waals surface area contributed by atoms with E-state index in [-0.39, 0.29) is 28.5 Å². The minimum atomic E-state index is -1.44. The van der Waals surface area contributed by atoms with Crippen LogP contribution in [-0.4, -0.2) is 41.1 Å². The van der Waals surface area contributed by atoms with Crippen LogP contribution in [0.3, 0.4) is 0 Å². The highest BCUT2D eigenvalue weighted by atomic mass is 79.9. The maximum Gasteiger partial charge on any atom is 0.321 e. The molecule has 4 aromatic rings. The van der Waals surface area contributed by atoms with Gasteiger partial charge in [0.15, 0.2) is 11.5 Å². The summed E-state index contributed by atoms with van der Waals surface area (Å²) in [6.45, 7) is 0. The van der Waals surface area contributed by atoms with E-state index in [1.807, 2.05) is 83.9 Å². The van der Waals surface area contributed by atoms with Crippen molar-refractivity contribution in [2.75, 3.05) is 19.1 Å². The van der Waals surface area contributed by atoms with Crippen LogP contribution in [0.25, 0.3) is 6.08 Å². The van der Waals surface area contributed by atoms with E-state index in [0.717, 1.165) is 33.1 Å². The van der Waals surface area contributed by atoms with Crippen molar-refractivity contribution in [2.45, 2.75) is 18.3 Å². The zero-order valence-corrected chi connectivity index (χ0v) is 25.6. The Hall–Kier alpha value is -4.41. The van der Waals surface area contributed by atoms with Crippen molar-refractivity contribution in [3.05, 3.63) is 117 Å². The number of carbonyl (C=O) groups is 1. The molecular formula is C33H26BrN3O5S. The van der Waals surface area contributed by atoms with Gasteiger partial charge < -0.3 is 19.3 Å². The summed E-state index contributed by atoms with van der Waals surface area (Å²) in [7, 11) is 2.96. The zero-order valence-electron chi connectivity index (χ0n) is 23.2. The summed E-state index contributed by atoms with van der Waals surface area (Å²) in [6.07, 6.45) is 2.49. The van der Waals surface area contributed by atoms with E-state index in [4.69, 9.17) is 19.3 Å². The molecule has 3 aliphatic rings. The van der Waals surface area contributed by atoms with E-state index >= 15 is 0 Å². The van der Waals surface area contributed by atoms with Gasteiger partial charge in [-0.15, -0.1) is 0 Å². The third-order valence-electron chi connectivity index (χ3n) is 7.73. The number of hydrogen-bond acceptors (Lipinski definition) is 8. The molecule has 1 spiro atoms. The molecule has 10 heteroatoms. The number of para-hydroxylation sites is 1. The van der Waals surface area contributed by atoms with Crippen LogP contribution in [0.2, 0.25) is 0 Å². The number of rotatable bonds is 5. The standard InChI is InChI=1S/C33H26BrN3O5S/c1-40-28-15-20(16-29(41-2)31(28)38)17-30-33(36(32(39)43-30)23-11-7-4-8-12-23)37-26(24-18-22(34)13-14-27(24)42-33)19-25(35-37)21-9-5-3-6-10-21/h3-18,26,38H,19H2,1-2H3/b30-17-. The van der Waals surface area contributed by atoms with Crippen LogP contribution in [-0.2, 0) is 0 Å². The van der Waals surface area contributed by atoms with Gasteiger partial charge in [-0.25, -0.2) is 9.91 Å². The Labute approximate surface area is 261 Å². The Kier molecular flexibility index (Phi) is 6.82. The van der Waals surface area contributed by atoms with E-state index in [2.05, 4.69) is 22.0 Å². The second kappa shape index (κ2) is 10.7. The number of methoxy groups -OCH3 is 2. The molecule has 1 N–H and O–H groups in total. The molecular weight excluding hydrogens is 630 g/mol. The highest BCUT2D eigenvalue weighted by Crippen LogP contribution is 2.58. The zero-order chi connectivity index (χ0) is 29.7. The van der Waals surface area contributed by atoms with Gasteiger partial charge in [0.05, 0.1) is 36.6 Å². The van der Waals surface area contributed by atoms with Gasteiger partial charge >= 0.3 is 5.85 Å². The summed E-state index contributed by atoms with van der Waals surface area (Å²) in [5.41, 5.74) is 4.20. The van der Waals surface area contributed by atoms with E-state index in [0.29, 0.717) is 28.3 Å². The Morgan fingerprint density at radius 1 is 1.00 bits per heavy atom. The third kappa shape index (κ3) is 4.44. The molecule has 1 amide bonds. The lowest BCUT2D eigenvalue weighted by atomic mass is 9.95. The number of halogens is 1. The summed E-state index contributed by atoms with van der Waals surface area (Å²) >= 11 is 4.72. The van der Waals surface area contributed by atoms with Crippen molar-refractivity contribution >= 4 is 50.4 Å². The maximum absolute atomic E-state index is 14.1. The first-order chi connectivity index (χ1) is 20.9. The predicted octanol–water partition coefficient (Wildman–Crippen LogP) is 7.78. The van der Waals surface area contributed by atoms with Crippen LogP contribution >= 0.6 is 27.7 Å². The topological polar surface area (TPSA) is 83.8 Å². The number of hydrogen-bond donors (Lipinski definition) is 1. The fourth-order valence-corrected chi connectivity index (χ4v) is 7.23. The molecule has 0 radical (unpaired) electrons. The Morgan fingerprint density at radius 3 is 2.35 bits per heavy atom. The predicted molar refractivity (Wildman–Crippen MR) is 171 cm³/mol. The molecule has 0 bridgehead atoms. The number of carbonyl (C=O) groups excluding carboxylic acids is 1. The fourth-order valence-electron chi connectivity index (χ4n) is 5.79. The normalized spacial score (nSPS) is 21.5. The molecule has 43 heavy (non-hydrogen) atoms. The summed E-state index contributed by atoms with van der Waals surface area (Å²) in [5.74, 6) is -0.385. The molecule has 2 atom stereocenters. The lowest BCUT2D eigenvalue weighted by Crippen LogP contribution is -2.63. The van der Waals surface area contributed by atoms with Gasteiger partial charge in [-0.05, 0) is 71.4 Å². The lowest BCUT2D eigenvalue weighted by molar-refractivity contribution is -0.0763. The minimum absolute atomic E-state index is 0.104. The molecule has 8 nitrogen and oxygen atoms in total. The Bertz CT molecular complexity index is 1770. The van der Waals surface area contributed by atoms with Gasteiger partial charge in [0.2, 0.25) is 5.75 Å². The summed E-state index contributed by atoms with van der Waals surface area (Å²) in [5, 5.41) is 17.5. The molecule has 0 saturated carbocycles. The van der Waals surface area contributed by atoms with Crippen LogP contribution in [0, 0.1) is 0 Å². The number of fused-ring (bicyclic) bond motifs is 4. The highest BCUT2D eigenvalue weighted by molar-refractivity contribution is 9.10. The molecule has 4 aromatic carbocycles. The molecule has 216 valence electrons. The maximum atomic E-state index is 14.1. The van der Waals surface area contributed by atoms with Gasteiger partial charge in [0.25, 0.3) is 5.24 Å². The summed E-state index contributed by atoms with van der Waals surface area (Å²) < 4.78 is 18.8. The quantitative estimate of drug-likeness (QED) is 0.235. The number of ether oxygens (including phenoxy) is 3. The molecule has 1 saturated heterocycles. The first kappa shape index (κ1) is 27.4. The van der Waals surface area contributed by atoms with E-state index in [1.165, 1.54) is 14.2 Å². The van der Waals surface area contributed by atoms with Gasteiger partial charge in [0.1, 0.15) is 5.75 Å². The average molecular weight is 657 g/mol. The number of aromatic hydroxyl groups is 1. The number of nitrogens with zero attached hydrogens (tertiary/aromatic N) is 3. The molecule has 2 unspecified atom stereocenters. The first-order valence-corrected chi connectivity index (χ1v) is 15.2. The number of phenolic OH excluding ortho intramolecular Hbond substituents is 1. The molecule has 0 aliphatic carbocycles. The number of benzene rings is 4. The number of thioether (sulfide) groups is 1. The number of anilines is 1. The molecule has 1 fully saturated rings. The summed E-state index contributed by atoms with van der Waals surface area (Å²) in [6, 6.07) is 28.6. The second-order valence-corrected chi connectivity index (χ2v) is 12.1. The fraction of sp³-hybridized carbons (Fsp3) is 0.152. The smallest absolute Gasteiger partial charge is 0.321 e. The molecule has 7 rings (SSSR count). The number of phenols is 1. The van der Waals surface area contributed by atoms with Gasteiger partial charge in [-0.3, -0.25) is 4.79 Å². The van der Waals surface area contributed by atoms with Crippen molar-refractivity contribution in [3.8, 4) is 23.0 Å². The average Bonchev–Trinajstić information content (AvgIpc) is 3.60. The van der Waals surface area contributed by atoms with Crippen molar-refractivity contribution in [1.29, 1.82) is 0 Å². The minimum Gasteiger partial charge on any atom is -0.502 e. The van der Waals surface area contributed by atoms with Gasteiger partial charge in [-0.1, -0.05) is 64.5 Å². The van der Waals surface area contributed by atoms with Crippen LogP contribution < -0.4 is 19.1 Å². The van der Waals surface area contributed by atoms with Gasteiger partial charge in [0, 0.05) is 16.5 Å². The van der Waals surface area contributed by atoms with E-state index in [1.54, 1.807) is 17.0 Å².